The second-order valence-electron chi connectivity index (χ2n) is 4.14. The molecule has 0 aliphatic carbocycles. The van der Waals surface area contributed by atoms with E-state index < -0.39 is 0 Å². The highest BCUT2D eigenvalue weighted by molar-refractivity contribution is 5.78. The van der Waals surface area contributed by atoms with E-state index in [4.69, 9.17) is 0 Å². The van der Waals surface area contributed by atoms with Crippen molar-refractivity contribution in [1.82, 2.24) is 5.32 Å². The van der Waals surface area contributed by atoms with Gasteiger partial charge >= 0.3 is 0 Å². The Balaban J connectivity index is 2.10. The summed E-state index contributed by atoms with van der Waals surface area (Å²) in [6.07, 6.45) is 2.42. The molecule has 3 nitrogen and oxygen atoms in total. The maximum atomic E-state index is 11.4. The highest BCUT2D eigenvalue weighted by Gasteiger charge is 2.01. The molecule has 0 spiro atoms. The molecule has 1 rings (SSSR count). The Morgan fingerprint density at radius 1 is 1.12 bits per heavy atom. The Labute approximate surface area is 102 Å². The summed E-state index contributed by atoms with van der Waals surface area (Å²) in [5.74, 6) is 0.171. The summed E-state index contributed by atoms with van der Waals surface area (Å²) in [5, 5.41) is 2.85. The Morgan fingerprint density at radius 2 is 1.82 bits per heavy atom. The molecular formula is C14H19NO2. The molecule has 1 aromatic rings. The molecule has 1 N–H and O–H groups in total. The number of rotatable bonds is 7. The zero-order valence-corrected chi connectivity index (χ0v) is 10.2. The minimum Gasteiger partial charge on any atom is -0.356 e. The standard InChI is InChI=1S/C14H19NO2/c1-12(16)6-5-9-14(17)15-11-10-13-7-3-2-4-8-13/h2-4,7-8H,5-6,9-11H2,1H3,(H,15,17). The summed E-state index contributed by atoms with van der Waals surface area (Å²) >= 11 is 0. The van der Waals surface area contributed by atoms with Crippen LogP contribution < -0.4 is 5.32 Å². The number of carbonyl (C=O) groups is 2. The van der Waals surface area contributed by atoms with Crippen molar-refractivity contribution < 1.29 is 9.59 Å². The number of hydrogen-bond donors (Lipinski definition) is 1. The van der Waals surface area contributed by atoms with Crippen LogP contribution in [0.4, 0.5) is 0 Å². The van der Waals surface area contributed by atoms with Gasteiger partial charge in [-0.15, -0.1) is 0 Å². The van der Waals surface area contributed by atoms with Crippen molar-refractivity contribution in [3.63, 3.8) is 0 Å². The predicted octanol–water partition coefficient (Wildman–Crippen LogP) is 2.10. The summed E-state index contributed by atoms with van der Waals surface area (Å²) < 4.78 is 0. The van der Waals surface area contributed by atoms with Crippen LogP contribution in [0.5, 0.6) is 0 Å². The second kappa shape index (κ2) is 7.60. The summed E-state index contributed by atoms with van der Waals surface area (Å²) in [6, 6.07) is 10.0. The van der Waals surface area contributed by atoms with Crippen LogP contribution in [0.15, 0.2) is 30.3 Å². The lowest BCUT2D eigenvalue weighted by atomic mass is 10.1. The highest BCUT2D eigenvalue weighted by Crippen LogP contribution is 1.99. The zero-order valence-electron chi connectivity index (χ0n) is 10.2. The van der Waals surface area contributed by atoms with Gasteiger partial charge in [0.25, 0.3) is 0 Å². The van der Waals surface area contributed by atoms with E-state index in [1.807, 2.05) is 30.3 Å². The van der Waals surface area contributed by atoms with Gasteiger partial charge in [0, 0.05) is 19.4 Å². The van der Waals surface area contributed by atoms with Crippen molar-refractivity contribution in [2.24, 2.45) is 0 Å². The largest absolute Gasteiger partial charge is 0.356 e. The monoisotopic (exact) mass is 233 g/mol. The van der Waals surface area contributed by atoms with E-state index in [2.05, 4.69) is 5.32 Å². The topological polar surface area (TPSA) is 46.2 Å². The minimum atomic E-state index is 0.0298. The number of carbonyl (C=O) groups excluding carboxylic acids is 2. The summed E-state index contributed by atoms with van der Waals surface area (Å²) in [7, 11) is 0. The first-order valence-corrected chi connectivity index (χ1v) is 5.98. The summed E-state index contributed by atoms with van der Waals surface area (Å²) in [5.41, 5.74) is 1.22. The maximum absolute atomic E-state index is 11.4. The fourth-order valence-corrected chi connectivity index (χ4v) is 1.58. The molecule has 1 amide bonds. The Kier molecular flexibility index (Phi) is 6.00. The van der Waals surface area contributed by atoms with Gasteiger partial charge in [-0.1, -0.05) is 30.3 Å². The van der Waals surface area contributed by atoms with Crippen LogP contribution in [0, 0.1) is 0 Å². The number of amides is 1. The van der Waals surface area contributed by atoms with Crippen LogP contribution >= 0.6 is 0 Å². The van der Waals surface area contributed by atoms with Gasteiger partial charge in [-0.3, -0.25) is 4.79 Å². The fourth-order valence-electron chi connectivity index (χ4n) is 1.58. The number of hydrogen-bond acceptors (Lipinski definition) is 2. The molecule has 0 heterocycles. The van der Waals surface area contributed by atoms with Crippen LogP contribution in [0.3, 0.4) is 0 Å². The lowest BCUT2D eigenvalue weighted by molar-refractivity contribution is -0.121. The number of nitrogens with one attached hydrogen (secondary N) is 1. The molecule has 0 aromatic heterocycles. The SMILES string of the molecule is CC(=O)CCCC(=O)NCCc1ccccc1. The smallest absolute Gasteiger partial charge is 0.220 e. The molecule has 17 heavy (non-hydrogen) atoms. The third-order valence-electron chi connectivity index (χ3n) is 2.51. The van der Waals surface area contributed by atoms with Crippen LogP contribution in [-0.4, -0.2) is 18.2 Å². The van der Waals surface area contributed by atoms with E-state index in [0.717, 1.165) is 6.42 Å². The van der Waals surface area contributed by atoms with E-state index in [1.165, 1.54) is 5.56 Å². The van der Waals surface area contributed by atoms with E-state index >= 15 is 0 Å². The van der Waals surface area contributed by atoms with Gasteiger partial charge in [-0.25, -0.2) is 0 Å². The normalized spacial score (nSPS) is 9.94. The van der Waals surface area contributed by atoms with Gasteiger partial charge in [0.1, 0.15) is 5.78 Å². The third-order valence-corrected chi connectivity index (χ3v) is 2.51. The molecule has 3 heteroatoms. The van der Waals surface area contributed by atoms with Gasteiger partial charge in [-0.05, 0) is 25.3 Å². The third kappa shape index (κ3) is 6.51. The predicted molar refractivity (Wildman–Crippen MR) is 67.7 cm³/mol. The lowest BCUT2D eigenvalue weighted by Crippen LogP contribution is -2.25. The molecule has 0 bridgehead atoms. The van der Waals surface area contributed by atoms with Crippen molar-refractivity contribution in [3.8, 4) is 0 Å². The fraction of sp³-hybridized carbons (Fsp3) is 0.429. The second-order valence-corrected chi connectivity index (χ2v) is 4.14. The molecule has 0 saturated carbocycles. The van der Waals surface area contributed by atoms with E-state index in [9.17, 15) is 9.59 Å². The minimum absolute atomic E-state index is 0.0298. The van der Waals surface area contributed by atoms with Gasteiger partial charge in [0.2, 0.25) is 5.91 Å². The number of Topliss-reactive ketones (excluding diaryl/α,β-unsaturated/α-hetero) is 1. The first-order chi connectivity index (χ1) is 8.18. The highest BCUT2D eigenvalue weighted by atomic mass is 16.1. The molecule has 92 valence electrons. The molecule has 0 fully saturated rings. The quantitative estimate of drug-likeness (QED) is 0.784. The van der Waals surface area contributed by atoms with Gasteiger partial charge in [-0.2, -0.15) is 0 Å². The Hall–Kier alpha value is -1.64. The van der Waals surface area contributed by atoms with Crippen molar-refractivity contribution in [2.45, 2.75) is 32.6 Å². The van der Waals surface area contributed by atoms with Gasteiger partial charge in [0.15, 0.2) is 0 Å². The average molecular weight is 233 g/mol. The molecule has 0 atom stereocenters. The molecule has 0 radical (unpaired) electrons. The van der Waals surface area contributed by atoms with E-state index in [0.29, 0.717) is 25.8 Å². The average Bonchev–Trinajstić information content (AvgIpc) is 2.30. The Morgan fingerprint density at radius 3 is 2.47 bits per heavy atom. The molecule has 0 aliphatic heterocycles. The zero-order chi connectivity index (χ0) is 12.5. The van der Waals surface area contributed by atoms with E-state index in [1.54, 1.807) is 6.92 Å². The van der Waals surface area contributed by atoms with Crippen molar-refractivity contribution in [2.75, 3.05) is 6.54 Å². The van der Waals surface area contributed by atoms with Crippen LogP contribution in [0.2, 0.25) is 0 Å². The van der Waals surface area contributed by atoms with Crippen LogP contribution in [-0.2, 0) is 16.0 Å². The van der Waals surface area contributed by atoms with Crippen molar-refractivity contribution in [3.05, 3.63) is 35.9 Å². The summed E-state index contributed by atoms with van der Waals surface area (Å²) in [4.78, 5) is 22.1. The van der Waals surface area contributed by atoms with Crippen molar-refractivity contribution >= 4 is 11.7 Å². The lowest BCUT2D eigenvalue weighted by Gasteiger charge is -2.04. The van der Waals surface area contributed by atoms with Gasteiger partial charge < -0.3 is 10.1 Å². The maximum Gasteiger partial charge on any atom is 0.220 e. The molecule has 0 saturated heterocycles. The Bertz CT molecular complexity index is 360. The summed E-state index contributed by atoms with van der Waals surface area (Å²) in [6.45, 7) is 2.20. The van der Waals surface area contributed by atoms with Gasteiger partial charge in [0.05, 0.1) is 0 Å². The molecular weight excluding hydrogens is 214 g/mol. The molecule has 0 aliphatic rings. The van der Waals surface area contributed by atoms with Crippen molar-refractivity contribution in [1.29, 1.82) is 0 Å². The van der Waals surface area contributed by atoms with Crippen LogP contribution in [0.25, 0.3) is 0 Å². The van der Waals surface area contributed by atoms with Crippen LogP contribution in [0.1, 0.15) is 31.7 Å². The molecule has 0 unspecified atom stereocenters. The van der Waals surface area contributed by atoms with E-state index in [-0.39, 0.29) is 11.7 Å². The number of benzene rings is 1. The molecule has 1 aromatic carbocycles. The number of ketones is 1. The first-order valence-electron chi connectivity index (χ1n) is 5.98. The first kappa shape index (κ1) is 13.4.